The fourth-order valence-corrected chi connectivity index (χ4v) is 0.570. The van der Waals surface area contributed by atoms with Crippen LogP contribution < -0.4 is 0 Å². The van der Waals surface area contributed by atoms with E-state index in [1.54, 1.807) is 0 Å². The highest BCUT2D eigenvalue weighted by Crippen LogP contribution is 2.02. The summed E-state index contributed by atoms with van der Waals surface area (Å²) in [6.45, 7) is 3.91. The number of amides is 1. The summed E-state index contributed by atoms with van der Waals surface area (Å²) in [6, 6.07) is 0. The summed E-state index contributed by atoms with van der Waals surface area (Å²) < 4.78 is 0. The lowest BCUT2D eigenvalue weighted by molar-refractivity contribution is -0.111. The highest BCUT2D eigenvalue weighted by Gasteiger charge is 2.10. The molecule has 0 aromatic rings. The molecule has 0 N–H and O–H groups in total. The molecule has 0 unspecified atom stereocenters. The molecule has 10 heavy (non-hydrogen) atoms. The summed E-state index contributed by atoms with van der Waals surface area (Å²) in [5.74, 6) is 0.659. The molecule has 0 atom stereocenters. The third kappa shape index (κ3) is 1.76. The number of rotatable bonds is 1. The molecule has 0 saturated heterocycles. The molecule has 56 valence electrons. The summed E-state index contributed by atoms with van der Waals surface area (Å²) in [6.07, 6.45) is 1.25. The minimum absolute atomic E-state index is 0. The zero-order valence-electron chi connectivity index (χ0n) is 5.46. The fraction of sp³-hybridized carbons (Fsp3) is 0.571. The van der Waals surface area contributed by atoms with E-state index in [1.807, 2.05) is 13.8 Å². The lowest BCUT2D eigenvalue weighted by Crippen LogP contribution is -2.00. The van der Waals surface area contributed by atoms with Gasteiger partial charge in [0.05, 0.1) is 6.21 Å². The van der Waals surface area contributed by atoms with Crippen LogP contribution in [0.15, 0.2) is 9.98 Å². The van der Waals surface area contributed by atoms with Gasteiger partial charge in [0, 0.05) is 5.92 Å². The van der Waals surface area contributed by atoms with Crippen molar-refractivity contribution in [2.45, 2.75) is 21.3 Å². The van der Waals surface area contributed by atoms with Crippen molar-refractivity contribution in [2.24, 2.45) is 15.9 Å². The highest BCUT2D eigenvalue weighted by molar-refractivity contribution is 6.34. The van der Waals surface area contributed by atoms with Gasteiger partial charge in [0.15, 0.2) is 0 Å². The summed E-state index contributed by atoms with van der Waals surface area (Å²) in [7, 11) is 0. The standard InChI is InChI=1S/C6H8N2O.CH4/c1-4(2)6-7-3-5(9)8-6;/h3-4H,1-2H3;1H4. The molecular formula is C7H12N2O. The van der Waals surface area contributed by atoms with Crippen molar-refractivity contribution in [1.29, 1.82) is 0 Å². The predicted octanol–water partition coefficient (Wildman–Crippen LogP) is 1.29. The van der Waals surface area contributed by atoms with E-state index >= 15 is 0 Å². The molecule has 0 aromatic heterocycles. The third-order valence-electron chi connectivity index (χ3n) is 1.05. The van der Waals surface area contributed by atoms with Crippen LogP contribution in [0.4, 0.5) is 0 Å². The van der Waals surface area contributed by atoms with E-state index in [2.05, 4.69) is 9.98 Å². The van der Waals surface area contributed by atoms with E-state index in [9.17, 15) is 4.79 Å². The topological polar surface area (TPSA) is 41.8 Å². The molecule has 0 fully saturated rings. The summed E-state index contributed by atoms with van der Waals surface area (Å²) in [5, 5.41) is 0. The van der Waals surface area contributed by atoms with Crippen LogP contribution >= 0.6 is 0 Å². The smallest absolute Gasteiger partial charge is 0.266 e. The maximum absolute atomic E-state index is 10.4. The first-order chi connectivity index (χ1) is 4.20. The van der Waals surface area contributed by atoms with Crippen molar-refractivity contribution < 1.29 is 4.79 Å². The van der Waals surface area contributed by atoms with Crippen molar-refractivity contribution >= 4 is 18.0 Å². The molecular weight excluding hydrogens is 128 g/mol. The van der Waals surface area contributed by atoms with Crippen LogP contribution in [0.1, 0.15) is 21.3 Å². The van der Waals surface area contributed by atoms with Gasteiger partial charge in [0.25, 0.3) is 5.91 Å². The van der Waals surface area contributed by atoms with Crippen molar-refractivity contribution in [1.82, 2.24) is 0 Å². The average molecular weight is 140 g/mol. The number of hydrogen-bond acceptors (Lipinski definition) is 2. The molecule has 1 aliphatic heterocycles. The van der Waals surface area contributed by atoms with E-state index in [0.717, 1.165) is 0 Å². The maximum atomic E-state index is 10.4. The molecule has 0 aliphatic carbocycles. The zero-order valence-corrected chi connectivity index (χ0v) is 5.46. The lowest BCUT2D eigenvalue weighted by Gasteiger charge is -1.95. The maximum Gasteiger partial charge on any atom is 0.289 e. The molecule has 0 bridgehead atoms. The molecule has 3 nitrogen and oxygen atoms in total. The molecule has 1 heterocycles. The van der Waals surface area contributed by atoms with Crippen molar-refractivity contribution in [2.75, 3.05) is 0 Å². The van der Waals surface area contributed by atoms with Gasteiger partial charge in [-0.25, -0.2) is 4.99 Å². The van der Waals surface area contributed by atoms with Crippen molar-refractivity contribution in [3.8, 4) is 0 Å². The monoisotopic (exact) mass is 140 g/mol. The number of hydrogen-bond donors (Lipinski definition) is 0. The van der Waals surface area contributed by atoms with Crippen LogP contribution in [0.2, 0.25) is 0 Å². The van der Waals surface area contributed by atoms with Crippen molar-refractivity contribution in [3.05, 3.63) is 0 Å². The highest BCUT2D eigenvalue weighted by atomic mass is 16.1. The molecule has 0 radical (unpaired) electrons. The van der Waals surface area contributed by atoms with Crippen LogP contribution in [0.3, 0.4) is 0 Å². The van der Waals surface area contributed by atoms with Crippen LogP contribution in [0.5, 0.6) is 0 Å². The van der Waals surface area contributed by atoms with Gasteiger partial charge in [-0.3, -0.25) is 4.79 Å². The number of carbonyl (C=O) groups excluding carboxylic acids is 1. The minimum Gasteiger partial charge on any atom is -0.266 e. The second kappa shape index (κ2) is 3.25. The molecule has 1 aliphatic rings. The Morgan fingerprint density at radius 3 is 2.30 bits per heavy atom. The van der Waals surface area contributed by atoms with Gasteiger partial charge in [-0.05, 0) is 0 Å². The normalized spacial score (nSPS) is 15.5. The van der Waals surface area contributed by atoms with E-state index in [0.29, 0.717) is 5.84 Å². The van der Waals surface area contributed by atoms with Crippen LogP contribution in [0, 0.1) is 5.92 Å². The van der Waals surface area contributed by atoms with Gasteiger partial charge in [0.2, 0.25) is 0 Å². The average Bonchev–Trinajstić information content (AvgIpc) is 2.14. The lowest BCUT2D eigenvalue weighted by atomic mass is 10.2. The predicted molar refractivity (Wildman–Crippen MR) is 42.5 cm³/mol. The second-order valence-electron chi connectivity index (χ2n) is 2.22. The Balaban J connectivity index is 0.000000810. The molecule has 3 heteroatoms. The van der Waals surface area contributed by atoms with Gasteiger partial charge < -0.3 is 0 Å². The van der Waals surface area contributed by atoms with Gasteiger partial charge in [0.1, 0.15) is 5.84 Å². The third-order valence-corrected chi connectivity index (χ3v) is 1.05. The number of aliphatic imine (C=N–C) groups is 2. The molecule has 0 saturated carbocycles. The second-order valence-corrected chi connectivity index (χ2v) is 2.22. The van der Waals surface area contributed by atoms with Crippen molar-refractivity contribution in [3.63, 3.8) is 0 Å². The Bertz CT molecular complexity index is 192. The summed E-state index contributed by atoms with van der Waals surface area (Å²) >= 11 is 0. The van der Waals surface area contributed by atoms with E-state index in [1.165, 1.54) is 6.21 Å². The SMILES string of the molecule is C.CC(C)C1=NC(=O)C=N1. The quantitative estimate of drug-likeness (QED) is 0.541. The van der Waals surface area contributed by atoms with E-state index in [4.69, 9.17) is 0 Å². The summed E-state index contributed by atoms with van der Waals surface area (Å²) in [5.41, 5.74) is 0. The Morgan fingerprint density at radius 2 is 2.10 bits per heavy atom. The Labute approximate surface area is 60.9 Å². The van der Waals surface area contributed by atoms with Crippen LogP contribution in [-0.2, 0) is 4.79 Å². The number of nitrogens with zero attached hydrogens (tertiary/aromatic N) is 2. The van der Waals surface area contributed by atoms with E-state index < -0.39 is 0 Å². The zero-order chi connectivity index (χ0) is 6.85. The van der Waals surface area contributed by atoms with Crippen LogP contribution in [-0.4, -0.2) is 18.0 Å². The largest absolute Gasteiger partial charge is 0.289 e. The number of carbonyl (C=O) groups is 1. The molecule has 0 spiro atoms. The first kappa shape index (κ1) is 9.01. The Kier molecular flexibility index (Phi) is 2.93. The van der Waals surface area contributed by atoms with E-state index in [-0.39, 0.29) is 19.3 Å². The minimum atomic E-state index is -0.237. The molecule has 1 rings (SSSR count). The molecule has 0 aromatic carbocycles. The fourth-order valence-electron chi connectivity index (χ4n) is 0.570. The first-order valence-electron chi connectivity index (χ1n) is 2.87. The van der Waals surface area contributed by atoms with Gasteiger partial charge >= 0.3 is 0 Å². The Hall–Kier alpha value is -0.990. The molecule has 1 amide bonds. The van der Waals surface area contributed by atoms with Gasteiger partial charge in [-0.15, -0.1) is 0 Å². The Morgan fingerprint density at radius 1 is 1.50 bits per heavy atom. The van der Waals surface area contributed by atoms with Gasteiger partial charge in [-0.1, -0.05) is 21.3 Å². The van der Waals surface area contributed by atoms with Crippen LogP contribution in [0.25, 0.3) is 0 Å². The number of amidine groups is 1. The summed E-state index contributed by atoms with van der Waals surface area (Å²) in [4.78, 5) is 17.9. The first-order valence-corrected chi connectivity index (χ1v) is 2.87. The van der Waals surface area contributed by atoms with Gasteiger partial charge in [-0.2, -0.15) is 4.99 Å².